The van der Waals surface area contributed by atoms with Crippen LogP contribution in [0.1, 0.15) is 76.7 Å². The largest absolute Gasteiger partial charge is 0.508 e. The van der Waals surface area contributed by atoms with Crippen molar-refractivity contribution in [2.24, 2.45) is 0 Å². The number of hydrogen-bond acceptors (Lipinski definition) is 9. The van der Waals surface area contributed by atoms with Gasteiger partial charge in [-0.05, 0) is 80.6 Å². The van der Waals surface area contributed by atoms with Crippen LogP contribution in [0.5, 0.6) is 17.5 Å². The summed E-state index contributed by atoms with van der Waals surface area (Å²) in [6, 6.07) is 10.9. The van der Waals surface area contributed by atoms with Crippen molar-refractivity contribution in [2.45, 2.75) is 95.0 Å². The molecule has 14 heteroatoms. The Morgan fingerprint density at radius 3 is 2.57 bits per heavy atom. The molecule has 2 aliphatic heterocycles. The van der Waals surface area contributed by atoms with Crippen LogP contribution < -0.4 is 21.3 Å². The molecule has 0 spiro atoms. The molecule has 2 aromatic heterocycles. The number of carbonyl (C=O) groups is 2. The second-order valence-corrected chi connectivity index (χ2v) is 15.1. The molecule has 2 saturated heterocycles. The zero-order valence-corrected chi connectivity index (χ0v) is 30.2. The Labute approximate surface area is 302 Å². The summed E-state index contributed by atoms with van der Waals surface area (Å²) in [7, 11) is 0. The molecule has 0 aliphatic carbocycles. The van der Waals surface area contributed by atoms with E-state index in [1.54, 1.807) is 6.07 Å². The van der Waals surface area contributed by atoms with Crippen LogP contribution in [-0.4, -0.2) is 89.3 Å². The number of rotatable bonds is 18. The fraction of sp³-hybridized carbons (Fsp3) is 0.514. The third kappa shape index (κ3) is 8.73. The lowest BCUT2D eigenvalue weighted by atomic mass is 9.98. The van der Waals surface area contributed by atoms with Crippen molar-refractivity contribution in [3.63, 3.8) is 0 Å². The number of urea groups is 1. The summed E-state index contributed by atoms with van der Waals surface area (Å²) in [5.74, 6) is 1.18. The van der Waals surface area contributed by atoms with Gasteiger partial charge in [0, 0.05) is 53.7 Å². The third-order valence-electron chi connectivity index (χ3n) is 9.88. The predicted octanol–water partition coefficient (Wildman–Crippen LogP) is 5.12. The topological polar surface area (TPSA) is 179 Å². The first-order valence-corrected chi connectivity index (χ1v) is 19.2. The molecular formula is C37H50N8O5S. The van der Waals surface area contributed by atoms with Gasteiger partial charge in [0.15, 0.2) is 5.82 Å². The number of thioether (sulfide) groups is 1. The molecule has 2 aliphatic rings. The van der Waals surface area contributed by atoms with E-state index in [1.165, 1.54) is 23.5 Å². The summed E-state index contributed by atoms with van der Waals surface area (Å²) in [6.07, 6.45) is 10.1. The highest BCUT2D eigenvalue weighted by Crippen LogP contribution is 2.39. The van der Waals surface area contributed by atoms with Crippen LogP contribution in [0.4, 0.5) is 4.79 Å². The number of fused-ring (bicyclic) bond motifs is 2. The van der Waals surface area contributed by atoms with Crippen molar-refractivity contribution in [3.8, 4) is 34.6 Å². The highest BCUT2D eigenvalue weighted by molar-refractivity contribution is 8.00. The lowest BCUT2D eigenvalue weighted by molar-refractivity contribution is -0.121. The number of unbranched alkanes of at least 4 members (excludes halogenated alkanes) is 4. The number of nitrogens with one attached hydrogen (secondary N) is 4. The van der Waals surface area contributed by atoms with Crippen LogP contribution in [0.2, 0.25) is 0 Å². The highest BCUT2D eigenvalue weighted by atomic mass is 32.2. The second-order valence-electron chi connectivity index (χ2n) is 13.9. The Bertz CT molecular complexity index is 1820. The highest BCUT2D eigenvalue weighted by Gasteiger charge is 2.42. The van der Waals surface area contributed by atoms with E-state index in [4.69, 9.17) is 0 Å². The van der Waals surface area contributed by atoms with E-state index in [1.807, 2.05) is 56.1 Å². The number of aromatic nitrogens is 4. The van der Waals surface area contributed by atoms with Gasteiger partial charge in [0.25, 0.3) is 0 Å². The van der Waals surface area contributed by atoms with Gasteiger partial charge < -0.3 is 41.2 Å². The van der Waals surface area contributed by atoms with Crippen LogP contribution in [0.3, 0.4) is 0 Å². The van der Waals surface area contributed by atoms with Gasteiger partial charge in [-0.2, -0.15) is 11.8 Å². The Morgan fingerprint density at radius 1 is 0.961 bits per heavy atom. The van der Waals surface area contributed by atoms with Gasteiger partial charge in [-0.3, -0.25) is 4.79 Å². The average Bonchev–Trinajstić information content (AvgIpc) is 3.87. The van der Waals surface area contributed by atoms with Gasteiger partial charge in [-0.15, -0.1) is 5.10 Å². The fourth-order valence-corrected chi connectivity index (χ4v) is 8.65. The summed E-state index contributed by atoms with van der Waals surface area (Å²) in [5, 5.41) is 53.6. The number of phenolic OH excluding ortho intramolecular Hbond substituents is 2. The summed E-state index contributed by atoms with van der Waals surface area (Å²) >= 11 is 1.98. The molecule has 7 N–H and O–H groups in total. The molecule has 2 fully saturated rings. The minimum absolute atomic E-state index is 0.00404. The number of phenols is 2. The number of amides is 3. The number of carbonyl (C=O) groups excluding carboxylic acids is 2. The summed E-state index contributed by atoms with van der Waals surface area (Å²) in [5.41, 5.74) is 2.60. The monoisotopic (exact) mass is 718 g/mol. The molecule has 4 aromatic rings. The molecule has 0 saturated carbocycles. The van der Waals surface area contributed by atoms with Gasteiger partial charge in [-0.1, -0.05) is 38.2 Å². The summed E-state index contributed by atoms with van der Waals surface area (Å²) in [6.45, 7) is 7.01. The van der Waals surface area contributed by atoms with Gasteiger partial charge >= 0.3 is 12.0 Å². The maximum atomic E-state index is 12.5. The quantitative estimate of drug-likeness (QED) is 0.0543. The van der Waals surface area contributed by atoms with Crippen LogP contribution >= 0.6 is 11.8 Å². The molecule has 0 radical (unpaired) electrons. The lowest BCUT2D eigenvalue weighted by Crippen LogP contribution is -2.36. The van der Waals surface area contributed by atoms with Crippen molar-refractivity contribution < 1.29 is 24.9 Å². The number of hydrogen-bond donors (Lipinski definition) is 7. The molecule has 3 amide bonds. The third-order valence-corrected chi connectivity index (χ3v) is 11.4. The average molecular weight is 719 g/mol. The number of benzene rings is 2. The van der Waals surface area contributed by atoms with Gasteiger partial charge in [0.05, 0.1) is 23.3 Å². The number of nitrogens with zero attached hydrogens (tertiary/aromatic N) is 4. The fourth-order valence-electron chi connectivity index (χ4n) is 7.10. The molecule has 0 unspecified atom stereocenters. The van der Waals surface area contributed by atoms with E-state index < -0.39 is 0 Å². The minimum Gasteiger partial charge on any atom is -0.508 e. The molecule has 0 bridgehead atoms. The molecule has 4 heterocycles. The minimum atomic E-state index is -0.319. The Kier molecular flexibility index (Phi) is 11.9. The Hall–Kier alpha value is -4.43. The van der Waals surface area contributed by atoms with Gasteiger partial charge in [0.2, 0.25) is 5.91 Å². The first-order chi connectivity index (χ1) is 24.7. The molecule has 2 aromatic carbocycles. The van der Waals surface area contributed by atoms with E-state index >= 15 is 0 Å². The standard InChI is InChI=1S/C37H50N8O5S/c1-23(2)26-20-27(31(47)21-30(26)46)35-42-43-37(50)45(35)25-11-12-29-24(19-25)13-17-44(29)18-16-39-33(48)10-6-4-8-15-38-14-7-3-5-9-32-34-28(22-51-32)40-36(49)41-34/h11-13,17,19-21,23,28,32,34,38,46-47H,3-10,14-16,18,22H2,1-2H3,(H,39,48)(H,43,50)(H2,40,41,49)/t28-,32-,34-/m1/s1. The van der Waals surface area contributed by atoms with Crippen molar-refractivity contribution in [1.29, 1.82) is 0 Å². The smallest absolute Gasteiger partial charge is 0.319 e. The van der Waals surface area contributed by atoms with E-state index in [0.717, 1.165) is 61.8 Å². The number of aromatic hydroxyl groups is 3. The van der Waals surface area contributed by atoms with Crippen LogP contribution in [0.15, 0.2) is 42.6 Å². The lowest BCUT2D eigenvalue weighted by Gasteiger charge is -2.16. The van der Waals surface area contributed by atoms with E-state index in [2.05, 4.69) is 36.0 Å². The first-order valence-electron chi connectivity index (χ1n) is 18.2. The zero-order chi connectivity index (χ0) is 35.9. The Balaban J connectivity index is 0.876. The molecule has 274 valence electrons. The van der Waals surface area contributed by atoms with Crippen molar-refractivity contribution in [1.82, 2.24) is 40.6 Å². The zero-order valence-electron chi connectivity index (χ0n) is 29.4. The Morgan fingerprint density at radius 2 is 1.76 bits per heavy atom. The molecule has 13 nitrogen and oxygen atoms in total. The SMILES string of the molecule is CC(C)c1cc(-c2nnc(O)n2-c2ccc3c(ccn3CCNC(=O)CCCCCNCCCCC[C@H]3SC[C@H]4NC(=O)N[C@H]43)c2)c(O)cc1O. The summed E-state index contributed by atoms with van der Waals surface area (Å²) in [4.78, 5) is 24.0. The molecule has 6 rings (SSSR count). The molecule has 51 heavy (non-hydrogen) atoms. The van der Waals surface area contributed by atoms with Gasteiger partial charge in [-0.25, -0.2) is 9.36 Å². The van der Waals surface area contributed by atoms with E-state index in [9.17, 15) is 24.9 Å². The van der Waals surface area contributed by atoms with Gasteiger partial charge in [0.1, 0.15) is 11.5 Å². The second kappa shape index (κ2) is 16.7. The van der Waals surface area contributed by atoms with Crippen molar-refractivity contribution in [3.05, 3.63) is 48.2 Å². The van der Waals surface area contributed by atoms with Crippen LogP contribution in [0, 0.1) is 0 Å². The van der Waals surface area contributed by atoms with Crippen molar-refractivity contribution in [2.75, 3.05) is 25.4 Å². The first kappa shape index (κ1) is 36.4. The molecule has 3 atom stereocenters. The van der Waals surface area contributed by atoms with Crippen LogP contribution in [-0.2, 0) is 11.3 Å². The van der Waals surface area contributed by atoms with E-state index in [0.29, 0.717) is 53.7 Å². The van der Waals surface area contributed by atoms with E-state index in [-0.39, 0.29) is 41.2 Å². The maximum absolute atomic E-state index is 12.5. The normalized spacial score (nSPS) is 18.3. The van der Waals surface area contributed by atoms with Crippen LogP contribution in [0.25, 0.3) is 28.0 Å². The predicted molar refractivity (Wildman–Crippen MR) is 200 cm³/mol. The maximum Gasteiger partial charge on any atom is 0.319 e. The summed E-state index contributed by atoms with van der Waals surface area (Å²) < 4.78 is 3.54. The van der Waals surface area contributed by atoms with Crippen molar-refractivity contribution >= 4 is 34.6 Å². The molecular weight excluding hydrogens is 669 g/mol.